The molecule has 0 N–H and O–H groups in total. The Hall–Kier alpha value is -2.05. The minimum absolute atomic E-state index is 0.242. The fourth-order valence-corrected chi connectivity index (χ4v) is 2.08. The molecule has 1 aromatic heterocycles. The van der Waals surface area contributed by atoms with Crippen LogP contribution in [0.15, 0.2) is 23.0 Å². The Balaban J connectivity index is 2.88. The number of rotatable bonds is 2. The lowest BCUT2D eigenvalue weighted by atomic mass is 10.1. The van der Waals surface area contributed by atoms with Crippen molar-refractivity contribution in [2.75, 3.05) is 19.0 Å². The lowest BCUT2D eigenvalue weighted by Crippen LogP contribution is -2.26. The predicted octanol–water partition coefficient (Wildman–Crippen LogP) is 2.50. The molecule has 0 aliphatic carbocycles. The van der Waals surface area contributed by atoms with Crippen LogP contribution in [-0.2, 0) is 12.7 Å². The van der Waals surface area contributed by atoms with E-state index in [1.165, 1.54) is 10.6 Å². The van der Waals surface area contributed by atoms with Crippen LogP contribution in [0.2, 0.25) is 0 Å². The van der Waals surface area contributed by atoms with Crippen LogP contribution >= 0.6 is 0 Å². The molecule has 0 saturated heterocycles. The fraction of sp³-hybridized carbons (Fsp3) is 0.385. The van der Waals surface area contributed by atoms with Gasteiger partial charge in [0.2, 0.25) is 0 Å². The Labute approximate surface area is 113 Å². The molecule has 0 unspecified atom stereocenters. The highest BCUT2D eigenvalue weighted by atomic mass is 19.4. The summed E-state index contributed by atoms with van der Waals surface area (Å²) in [4.78, 5) is 17.4. The second-order valence-corrected chi connectivity index (χ2v) is 4.59. The normalized spacial score (nSPS) is 11.9. The van der Waals surface area contributed by atoms with Gasteiger partial charge in [-0.25, -0.2) is 4.79 Å². The van der Waals surface area contributed by atoms with Gasteiger partial charge in [-0.15, -0.1) is 0 Å². The first kappa shape index (κ1) is 14.4. The van der Waals surface area contributed by atoms with E-state index in [1.54, 1.807) is 25.9 Å². The smallest absolute Gasteiger partial charge is 0.362 e. The van der Waals surface area contributed by atoms with Crippen molar-refractivity contribution in [2.24, 2.45) is 0 Å². The largest absolute Gasteiger partial charge is 0.416 e. The SMILES string of the molecule is CCn1c(=O)nc(N(C)C)c2ccc(C(F)(F)F)cc21. The number of fused-ring (bicyclic) bond motifs is 1. The molecule has 0 amide bonds. The molecule has 0 aliphatic rings. The van der Waals surface area contributed by atoms with E-state index in [4.69, 9.17) is 0 Å². The summed E-state index contributed by atoms with van der Waals surface area (Å²) >= 11 is 0. The second-order valence-electron chi connectivity index (χ2n) is 4.59. The number of hydrogen-bond acceptors (Lipinski definition) is 3. The van der Waals surface area contributed by atoms with E-state index in [2.05, 4.69) is 4.98 Å². The van der Waals surface area contributed by atoms with Crippen molar-refractivity contribution >= 4 is 16.7 Å². The van der Waals surface area contributed by atoms with Gasteiger partial charge >= 0.3 is 11.9 Å². The topological polar surface area (TPSA) is 38.1 Å². The Bertz CT molecular complexity index is 704. The van der Waals surface area contributed by atoms with E-state index in [0.29, 0.717) is 11.2 Å². The average molecular weight is 285 g/mol. The van der Waals surface area contributed by atoms with Crippen LogP contribution in [0.1, 0.15) is 12.5 Å². The van der Waals surface area contributed by atoms with Crippen molar-refractivity contribution in [3.05, 3.63) is 34.2 Å². The van der Waals surface area contributed by atoms with Gasteiger partial charge in [0.15, 0.2) is 0 Å². The van der Waals surface area contributed by atoms with Crippen LogP contribution in [0.4, 0.5) is 19.0 Å². The third-order valence-corrected chi connectivity index (χ3v) is 3.03. The van der Waals surface area contributed by atoms with E-state index in [9.17, 15) is 18.0 Å². The lowest BCUT2D eigenvalue weighted by Gasteiger charge is -2.17. The maximum Gasteiger partial charge on any atom is 0.416 e. The predicted molar refractivity (Wildman–Crippen MR) is 71.0 cm³/mol. The summed E-state index contributed by atoms with van der Waals surface area (Å²) in [5, 5.41) is 0.518. The van der Waals surface area contributed by atoms with Gasteiger partial charge in [0.1, 0.15) is 5.82 Å². The van der Waals surface area contributed by atoms with Crippen LogP contribution in [0, 0.1) is 0 Å². The number of alkyl halides is 3. The average Bonchev–Trinajstić information content (AvgIpc) is 2.35. The molecule has 0 fully saturated rings. The molecule has 0 radical (unpaired) electrons. The third kappa shape index (κ3) is 2.35. The van der Waals surface area contributed by atoms with Crippen molar-refractivity contribution < 1.29 is 13.2 Å². The number of anilines is 1. The van der Waals surface area contributed by atoms with Crippen LogP contribution < -0.4 is 10.6 Å². The summed E-state index contributed by atoms with van der Waals surface area (Å²) in [7, 11) is 3.38. The van der Waals surface area contributed by atoms with Crippen molar-refractivity contribution in [1.29, 1.82) is 0 Å². The fourth-order valence-electron chi connectivity index (χ4n) is 2.08. The summed E-state index contributed by atoms with van der Waals surface area (Å²) in [6, 6.07) is 3.35. The molecule has 20 heavy (non-hydrogen) atoms. The maximum absolute atomic E-state index is 12.8. The Kier molecular flexibility index (Phi) is 3.45. The van der Waals surface area contributed by atoms with Crippen LogP contribution in [-0.4, -0.2) is 23.6 Å². The molecule has 0 bridgehead atoms. The summed E-state index contributed by atoms with van der Waals surface area (Å²) in [5.74, 6) is 0.364. The zero-order valence-electron chi connectivity index (χ0n) is 11.3. The van der Waals surface area contributed by atoms with Gasteiger partial charge in [0.25, 0.3) is 0 Å². The molecule has 7 heteroatoms. The Morgan fingerprint density at radius 3 is 2.45 bits per heavy atom. The molecule has 1 aromatic carbocycles. The van der Waals surface area contributed by atoms with Crippen molar-refractivity contribution in [1.82, 2.24) is 9.55 Å². The summed E-state index contributed by atoms with van der Waals surface area (Å²) < 4.78 is 39.6. The van der Waals surface area contributed by atoms with Gasteiger partial charge in [-0.1, -0.05) is 0 Å². The zero-order valence-corrected chi connectivity index (χ0v) is 11.3. The Morgan fingerprint density at radius 1 is 1.30 bits per heavy atom. The van der Waals surface area contributed by atoms with Gasteiger partial charge < -0.3 is 4.90 Å². The van der Waals surface area contributed by atoms with Crippen LogP contribution in [0.25, 0.3) is 10.9 Å². The molecule has 0 spiro atoms. The van der Waals surface area contributed by atoms with E-state index >= 15 is 0 Å². The molecular weight excluding hydrogens is 271 g/mol. The first-order valence-electron chi connectivity index (χ1n) is 6.04. The first-order valence-corrected chi connectivity index (χ1v) is 6.04. The molecule has 4 nitrogen and oxygen atoms in total. The van der Waals surface area contributed by atoms with E-state index < -0.39 is 17.4 Å². The molecule has 2 rings (SSSR count). The lowest BCUT2D eigenvalue weighted by molar-refractivity contribution is -0.137. The number of nitrogens with zero attached hydrogens (tertiary/aromatic N) is 3. The van der Waals surface area contributed by atoms with Gasteiger partial charge in [0.05, 0.1) is 11.1 Å². The standard InChI is InChI=1S/C13H14F3N3O/c1-4-19-10-7-8(13(14,15)16)5-6-9(10)11(18(2)3)17-12(19)20/h5-7H,4H2,1-3H3. The summed E-state index contributed by atoms with van der Waals surface area (Å²) in [6.07, 6.45) is -4.44. The minimum Gasteiger partial charge on any atom is -0.362 e. The monoisotopic (exact) mass is 285 g/mol. The highest BCUT2D eigenvalue weighted by molar-refractivity contribution is 5.90. The zero-order chi connectivity index (χ0) is 15.1. The van der Waals surface area contributed by atoms with Crippen LogP contribution in [0.3, 0.4) is 0 Å². The molecule has 1 heterocycles. The third-order valence-electron chi connectivity index (χ3n) is 3.03. The first-order chi connectivity index (χ1) is 9.25. The highest BCUT2D eigenvalue weighted by Gasteiger charge is 2.31. The molecule has 0 saturated carbocycles. The Morgan fingerprint density at radius 2 is 1.95 bits per heavy atom. The van der Waals surface area contributed by atoms with Gasteiger partial charge in [-0.2, -0.15) is 18.2 Å². The molecule has 0 atom stereocenters. The number of halogens is 3. The van der Waals surface area contributed by atoms with Crippen molar-refractivity contribution in [2.45, 2.75) is 19.6 Å². The molecular formula is C13H14F3N3O. The number of benzene rings is 1. The summed E-state index contributed by atoms with van der Waals surface area (Å²) in [5.41, 5.74) is -1.09. The number of hydrogen-bond donors (Lipinski definition) is 0. The van der Waals surface area contributed by atoms with Crippen molar-refractivity contribution in [3.63, 3.8) is 0 Å². The van der Waals surface area contributed by atoms with E-state index in [-0.39, 0.29) is 12.1 Å². The van der Waals surface area contributed by atoms with E-state index in [1.807, 2.05) is 0 Å². The maximum atomic E-state index is 12.8. The van der Waals surface area contributed by atoms with Crippen LogP contribution in [0.5, 0.6) is 0 Å². The number of aromatic nitrogens is 2. The van der Waals surface area contributed by atoms with E-state index in [0.717, 1.165) is 12.1 Å². The second kappa shape index (κ2) is 4.81. The van der Waals surface area contributed by atoms with Gasteiger partial charge in [-0.3, -0.25) is 4.57 Å². The summed E-state index contributed by atoms with van der Waals surface area (Å²) in [6.45, 7) is 1.95. The highest BCUT2D eigenvalue weighted by Crippen LogP contribution is 2.32. The quantitative estimate of drug-likeness (QED) is 0.851. The van der Waals surface area contributed by atoms with Gasteiger partial charge in [0, 0.05) is 26.0 Å². The minimum atomic E-state index is -4.44. The molecule has 2 aromatic rings. The van der Waals surface area contributed by atoms with Crippen molar-refractivity contribution in [3.8, 4) is 0 Å². The van der Waals surface area contributed by atoms with Gasteiger partial charge in [-0.05, 0) is 25.1 Å². The molecule has 108 valence electrons. The molecule has 0 aliphatic heterocycles. The number of aryl methyl sites for hydroxylation is 1.